The van der Waals surface area contributed by atoms with Crippen LogP contribution in [0.3, 0.4) is 0 Å². The number of aromatic hydroxyl groups is 1. The molecule has 0 spiro atoms. The molecule has 12 amide bonds. The van der Waals surface area contributed by atoms with Gasteiger partial charge < -0.3 is 72.8 Å². The number of phenolic OH excluding ortho intramolecular Hbond substituents is 1. The van der Waals surface area contributed by atoms with Crippen LogP contribution in [0.15, 0.2) is 84.9 Å². The molecule has 3 aromatic carbocycles. The van der Waals surface area contributed by atoms with Crippen LogP contribution in [0, 0.1) is 5.92 Å². The number of benzene rings is 3. The summed E-state index contributed by atoms with van der Waals surface area (Å²) in [7, 11) is 4.14. The molecule has 8 atom stereocenters. The molecule has 2 saturated heterocycles. The zero-order chi connectivity index (χ0) is 64.6. The van der Waals surface area contributed by atoms with Gasteiger partial charge in [-0.2, -0.15) is 0 Å². The van der Waals surface area contributed by atoms with E-state index in [2.05, 4.69) is 37.2 Å². The molecule has 5 rings (SSSR count). The summed E-state index contributed by atoms with van der Waals surface area (Å²) in [5.74, 6) is -9.98. The quantitative estimate of drug-likeness (QED) is 0.0824. The highest BCUT2D eigenvalue weighted by molar-refractivity contribution is 5.99. The average molecular weight is 1220 g/mol. The van der Waals surface area contributed by atoms with Crippen LogP contribution in [0.4, 0.5) is 0 Å². The average Bonchev–Trinajstić information content (AvgIpc) is 2.26. The predicted octanol–water partition coefficient (Wildman–Crippen LogP) is -0.922. The Bertz CT molecular complexity index is 2920. The van der Waals surface area contributed by atoms with E-state index in [1.807, 2.05) is 6.92 Å². The molecule has 2 aliphatic heterocycles. The molecule has 0 aliphatic carbocycles. The Kier molecular flexibility index (Phi) is 27.3. The number of amides is 12. The van der Waals surface area contributed by atoms with Gasteiger partial charge in [-0.3, -0.25) is 57.5 Å². The first-order valence-electron chi connectivity index (χ1n) is 29.8. The number of likely N-dealkylation sites (N-methyl/N-ethyl adjacent to an activating group) is 3. The lowest BCUT2D eigenvalue weighted by Gasteiger charge is -2.35. The first kappa shape index (κ1) is 69.8. The molecule has 2 heterocycles. The monoisotopic (exact) mass is 1220 g/mol. The van der Waals surface area contributed by atoms with E-state index in [1.165, 1.54) is 48.0 Å². The lowest BCUT2D eigenvalue weighted by molar-refractivity contribution is -0.149. The minimum atomic E-state index is -1.61. The summed E-state index contributed by atoms with van der Waals surface area (Å²) in [5, 5.41) is 38.3. The van der Waals surface area contributed by atoms with Gasteiger partial charge in [0.2, 0.25) is 70.9 Å². The normalized spacial score (nSPS) is 23.5. The Hall–Kier alpha value is -8.94. The lowest BCUT2D eigenvalue weighted by Crippen LogP contribution is -2.59. The molecule has 26 nitrogen and oxygen atoms in total. The molecule has 0 bridgehead atoms. The molecular weight excluding hydrogens is 1140 g/mol. The Morgan fingerprint density at radius 2 is 1.20 bits per heavy atom. The fourth-order valence-electron chi connectivity index (χ4n) is 10.5. The smallest absolute Gasteiger partial charge is 0.246 e. The number of hydrogen-bond donors (Lipinski definition) is 10. The van der Waals surface area contributed by atoms with Crippen LogP contribution in [0.25, 0.3) is 0 Å². The van der Waals surface area contributed by atoms with Gasteiger partial charge in [0.15, 0.2) is 0 Å². The van der Waals surface area contributed by atoms with Gasteiger partial charge in [-0.1, -0.05) is 113 Å². The number of aliphatic hydroxyl groups excluding tert-OH is 1. The molecule has 88 heavy (non-hydrogen) atoms. The van der Waals surface area contributed by atoms with E-state index in [-0.39, 0.29) is 63.7 Å². The topological polar surface area (TPSA) is 368 Å². The maximum Gasteiger partial charge on any atom is 0.246 e. The minimum Gasteiger partial charge on any atom is -0.508 e. The van der Waals surface area contributed by atoms with Crippen molar-refractivity contribution in [1.29, 1.82) is 0 Å². The summed E-state index contributed by atoms with van der Waals surface area (Å²) in [6.07, 6.45) is 1.70. The molecule has 0 aromatic heterocycles. The minimum absolute atomic E-state index is 0.0365. The molecular formula is C62H86N12O14. The zero-order valence-corrected chi connectivity index (χ0v) is 51.0. The summed E-state index contributed by atoms with van der Waals surface area (Å²) >= 11 is 0. The third-order valence-electron chi connectivity index (χ3n) is 15.5. The number of unbranched alkanes of at least 4 members (excludes halogenated alkanes) is 2. The Balaban J connectivity index is 1.56. The number of rotatable bonds is 15. The molecule has 0 unspecified atom stereocenters. The van der Waals surface area contributed by atoms with E-state index in [0.717, 1.165) is 11.3 Å². The van der Waals surface area contributed by atoms with E-state index in [1.54, 1.807) is 86.6 Å². The molecule has 478 valence electrons. The van der Waals surface area contributed by atoms with Crippen molar-refractivity contribution in [1.82, 2.24) is 56.8 Å². The van der Waals surface area contributed by atoms with Crippen molar-refractivity contribution in [2.24, 2.45) is 11.7 Å². The van der Waals surface area contributed by atoms with Crippen LogP contribution >= 0.6 is 0 Å². The van der Waals surface area contributed by atoms with E-state index in [0.29, 0.717) is 36.0 Å². The largest absolute Gasteiger partial charge is 0.508 e. The van der Waals surface area contributed by atoms with Crippen LogP contribution in [-0.4, -0.2) is 203 Å². The van der Waals surface area contributed by atoms with Gasteiger partial charge >= 0.3 is 0 Å². The van der Waals surface area contributed by atoms with Crippen molar-refractivity contribution in [2.75, 3.05) is 53.9 Å². The molecule has 11 N–H and O–H groups in total. The van der Waals surface area contributed by atoms with E-state index in [4.69, 9.17) is 5.73 Å². The third-order valence-corrected chi connectivity index (χ3v) is 15.5. The second-order valence-corrected chi connectivity index (χ2v) is 22.7. The number of phenols is 1. The third kappa shape index (κ3) is 20.9. The second kappa shape index (κ2) is 34.4. The van der Waals surface area contributed by atoms with Crippen LogP contribution in [0.5, 0.6) is 5.75 Å². The number of aliphatic hydroxyl groups is 1. The van der Waals surface area contributed by atoms with Crippen LogP contribution in [0.2, 0.25) is 0 Å². The van der Waals surface area contributed by atoms with Crippen molar-refractivity contribution in [3.05, 3.63) is 102 Å². The van der Waals surface area contributed by atoms with E-state index in [9.17, 15) is 58.2 Å². The van der Waals surface area contributed by atoms with Crippen molar-refractivity contribution in [2.45, 2.75) is 146 Å². The first-order chi connectivity index (χ1) is 41.9. The fourth-order valence-corrected chi connectivity index (χ4v) is 10.5. The van der Waals surface area contributed by atoms with Crippen molar-refractivity contribution in [3.63, 3.8) is 0 Å². The number of primary amides is 1. The van der Waals surface area contributed by atoms with E-state index < -0.39 is 151 Å². The maximum atomic E-state index is 15.2. The van der Waals surface area contributed by atoms with Crippen LogP contribution in [-0.2, 0) is 76.8 Å². The molecule has 0 saturated carbocycles. The fraction of sp³-hybridized carbons (Fsp3) is 0.516. The van der Waals surface area contributed by atoms with E-state index >= 15 is 9.59 Å². The Morgan fingerprint density at radius 1 is 0.625 bits per heavy atom. The maximum absolute atomic E-state index is 15.2. The summed E-state index contributed by atoms with van der Waals surface area (Å²) in [6.45, 7) is 2.38. The highest BCUT2D eigenvalue weighted by atomic mass is 16.3. The summed E-state index contributed by atoms with van der Waals surface area (Å²) in [4.78, 5) is 173. The first-order valence-corrected chi connectivity index (χ1v) is 29.8. The SMILES string of the molecule is CCCCC[C@@H]1NC(=O)CNC(=O)[C@H](CO)NC(=O)[C@H](C(C)C)NC(=O)CCC[C@@H](C(=O)NCC(N)=O)NC(=O)[C@@H]2CCCN2C(=O)[C@H](Cc2ccccc2)N(C)C(=O)[C@H](Cc2ccc(O)cc2)NC(=O)CN(C)C(=O)[C@H](Cc2ccccc2)N(C)C1=O. The van der Waals surface area contributed by atoms with Gasteiger partial charge in [0.25, 0.3) is 0 Å². The number of hydrogen-bond acceptors (Lipinski definition) is 14. The Morgan fingerprint density at radius 3 is 1.78 bits per heavy atom. The number of fused-ring (bicyclic) bond motifs is 1. The molecule has 2 fully saturated rings. The lowest BCUT2D eigenvalue weighted by atomic mass is 10.00. The number of nitrogens with two attached hydrogens (primary N) is 1. The zero-order valence-electron chi connectivity index (χ0n) is 51.0. The summed E-state index contributed by atoms with van der Waals surface area (Å²) in [5.41, 5.74) is 7.11. The molecule has 3 aromatic rings. The highest BCUT2D eigenvalue weighted by Gasteiger charge is 2.42. The molecule has 0 radical (unpaired) electrons. The van der Waals surface area contributed by atoms with Gasteiger partial charge in [-0.05, 0) is 66.8 Å². The highest BCUT2D eigenvalue weighted by Crippen LogP contribution is 2.24. The second-order valence-electron chi connectivity index (χ2n) is 22.7. The predicted molar refractivity (Wildman–Crippen MR) is 322 cm³/mol. The van der Waals surface area contributed by atoms with Gasteiger partial charge in [-0.15, -0.1) is 0 Å². The number of carbonyl (C=O) groups is 12. The number of carbonyl (C=O) groups excluding carboxylic acids is 12. The van der Waals surface area contributed by atoms with Crippen LogP contribution < -0.4 is 43.0 Å². The van der Waals surface area contributed by atoms with Gasteiger partial charge in [-0.25, -0.2) is 0 Å². The summed E-state index contributed by atoms with van der Waals surface area (Å²) in [6, 6.07) is 12.9. The van der Waals surface area contributed by atoms with Gasteiger partial charge in [0.05, 0.1) is 26.2 Å². The number of nitrogens with one attached hydrogen (secondary N) is 7. The van der Waals surface area contributed by atoms with Crippen molar-refractivity contribution < 1.29 is 67.7 Å². The Labute approximate surface area is 512 Å². The molecule has 26 heteroatoms. The van der Waals surface area contributed by atoms with Crippen molar-refractivity contribution >= 4 is 70.9 Å². The standard InChI is InChI=1S/C62H86N12O14/c1-7-8-11-22-44-59(85)72(5)48(32-39-18-12-9-13-19-39)61(87)71(4)36-53(80)67-45(31-41-26-28-42(76)29-27-41)60(86)73(6)49(33-40-20-14-10-15-21-40)62(88)74-30-17-24-47(74)57(83)68-43(55(81)64-34-50(63)77)23-16-25-51(78)70-54(38(2)3)58(84)69-46(37-75)56(82)65-35-52(79)66-44/h9-10,12-15,18-21,26-29,38,43-49,54,75-76H,7-8,11,16-17,22-25,30-37H2,1-6H3,(H2,63,77)(H,64,81)(H,65,82)(H,66,79)(H,67,80)(H,68,83)(H,69,84)(H,70,78)/t43-,44-,45-,46-,47-,48-,49-,54-/m0/s1. The van der Waals surface area contributed by atoms with Gasteiger partial charge in [0.1, 0.15) is 54.1 Å². The van der Waals surface area contributed by atoms with Crippen LogP contribution in [0.1, 0.15) is 95.2 Å². The molecule has 2 aliphatic rings. The number of nitrogens with zero attached hydrogens (tertiary/aromatic N) is 4. The van der Waals surface area contributed by atoms with Crippen molar-refractivity contribution in [3.8, 4) is 5.75 Å². The summed E-state index contributed by atoms with van der Waals surface area (Å²) < 4.78 is 0. The van der Waals surface area contributed by atoms with Gasteiger partial charge in [0, 0.05) is 53.4 Å².